The SMILES string of the molecule is CCCC(CCN)CCC(=O)NC(C)(C)C(=O)OC. The highest BCUT2D eigenvalue weighted by Gasteiger charge is 2.30. The van der Waals surface area contributed by atoms with E-state index in [2.05, 4.69) is 17.0 Å². The normalized spacial score (nSPS) is 12.9. The summed E-state index contributed by atoms with van der Waals surface area (Å²) in [6.07, 6.45) is 4.37. The molecule has 0 fully saturated rings. The molecular weight excluding hydrogens is 244 g/mol. The number of hydrogen-bond acceptors (Lipinski definition) is 4. The molecule has 0 aromatic rings. The number of rotatable bonds is 9. The highest BCUT2D eigenvalue weighted by Crippen LogP contribution is 2.17. The van der Waals surface area contributed by atoms with Crippen LogP contribution in [0.2, 0.25) is 0 Å². The Morgan fingerprint density at radius 3 is 2.37 bits per heavy atom. The van der Waals surface area contributed by atoms with Crippen LogP contribution in [0.1, 0.15) is 52.9 Å². The minimum absolute atomic E-state index is 0.117. The van der Waals surface area contributed by atoms with Gasteiger partial charge in [-0.05, 0) is 39.2 Å². The smallest absolute Gasteiger partial charge is 0.330 e. The van der Waals surface area contributed by atoms with Gasteiger partial charge in [0.05, 0.1) is 7.11 Å². The zero-order valence-electron chi connectivity index (χ0n) is 12.6. The van der Waals surface area contributed by atoms with E-state index in [1.165, 1.54) is 7.11 Å². The van der Waals surface area contributed by atoms with Gasteiger partial charge in [0.1, 0.15) is 5.54 Å². The predicted octanol–water partition coefficient (Wildman–Crippen LogP) is 1.60. The number of nitrogens with one attached hydrogen (secondary N) is 1. The molecule has 3 N–H and O–H groups in total. The van der Waals surface area contributed by atoms with Crippen LogP contribution in [0, 0.1) is 5.92 Å². The van der Waals surface area contributed by atoms with Crippen molar-refractivity contribution in [3.63, 3.8) is 0 Å². The monoisotopic (exact) mass is 272 g/mol. The quantitative estimate of drug-likeness (QED) is 0.625. The molecule has 0 aliphatic heterocycles. The van der Waals surface area contributed by atoms with Gasteiger partial charge in [-0.3, -0.25) is 4.79 Å². The first kappa shape index (κ1) is 17.9. The van der Waals surface area contributed by atoms with Gasteiger partial charge in [-0.2, -0.15) is 0 Å². The Hall–Kier alpha value is -1.10. The Bertz CT molecular complexity index is 284. The maximum absolute atomic E-state index is 11.8. The lowest BCUT2D eigenvalue weighted by atomic mass is 9.94. The van der Waals surface area contributed by atoms with Crippen LogP contribution in [-0.2, 0) is 14.3 Å². The van der Waals surface area contributed by atoms with Crippen LogP contribution in [0.3, 0.4) is 0 Å². The number of carbonyl (C=O) groups excluding carboxylic acids is 2. The van der Waals surface area contributed by atoms with Crippen LogP contribution in [0.4, 0.5) is 0 Å². The molecular formula is C14H28N2O3. The Kier molecular flexibility index (Phi) is 8.39. The summed E-state index contributed by atoms with van der Waals surface area (Å²) in [4.78, 5) is 23.3. The number of hydrogen-bond donors (Lipinski definition) is 2. The van der Waals surface area contributed by atoms with Crippen LogP contribution < -0.4 is 11.1 Å². The summed E-state index contributed by atoms with van der Waals surface area (Å²) in [5.41, 5.74) is 4.59. The third kappa shape index (κ3) is 7.15. The van der Waals surface area contributed by atoms with Crippen LogP contribution in [-0.4, -0.2) is 31.1 Å². The van der Waals surface area contributed by atoms with E-state index in [1.54, 1.807) is 13.8 Å². The van der Waals surface area contributed by atoms with Crippen molar-refractivity contribution in [2.45, 2.75) is 58.4 Å². The molecule has 0 spiro atoms. The Balaban J connectivity index is 4.19. The lowest BCUT2D eigenvalue weighted by Crippen LogP contribution is -2.50. The van der Waals surface area contributed by atoms with E-state index in [9.17, 15) is 9.59 Å². The van der Waals surface area contributed by atoms with Gasteiger partial charge in [-0.25, -0.2) is 4.79 Å². The van der Waals surface area contributed by atoms with Crippen molar-refractivity contribution in [2.24, 2.45) is 11.7 Å². The molecule has 0 saturated heterocycles. The van der Waals surface area contributed by atoms with E-state index in [0.717, 1.165) is 25.7 Å². The van der Waals surface area contributed by atoms with Gasteiger partial charge >= 0.3 is 5.97 Å². The summed E-state index contributed by atoms with van der Waals surface area (Å²) in [6, 6.07) is 0. The van der Waals surface area contributed by atoms with Crippen molar-refractivity contribution in [1.29, 1.82) is 0 Å². The van der Waals surface area contributed by atoms with Gasteiger partial charge in [0.25, 0.3) is 0 Å². The number of carbonyl (C=O) groups is 2. The number of esters is 1. The first-order valence-electron chi connectivity index (χ1n) is 6.96. The molecule has 0 heterocycles. The van der Waals surface area contributed by atoms with Gasteiger partial charge in [0, 0.05) is 6.42 Å². The lowest BCUT2D eigenvalue weighted by Gasteiger charge is -2.23. The third-order valence-corrected chi connectivity index (χ3v) is 3.20. The van der Waals surface area contributed by atoms with Crippen LogP contribution in [0.15, 0.2) is 0 Å². The largest absolute Gasteiger partial charge is 0.467 e. The molecule has 1 atom stereocenters. The molecule has 5 heteroatoms. The van der Waals surface area contributed by atoms with Gasteiger partial charge in [-0.15, -0.1) is 0 Å². The van der Waals surface area contributed by atoms with E-state index in [4.69, 9.17) is 5.73 Å². The molecule has 0 saturated carbocycles. The topological polar surface area (TPSA) is 81.4 Å². The van der Waals surface area contributed by atoms with E-state index in [-0.39, 0.29) is 5.91 Å². The molecule has 19 heavy (non-hydrogen) atoms. The Morgan fingerprint density at radius 1 is 1.26 bits per heavy atom. The molecule has 0 aliphatic carbocycles. The number of ether oxygens (including phenoxy) is 1. The second kappa shape index (κ2) is 8.91. The fourth-order valence-electron chi connectivity index (χ4n) is 2.13. The molecule has 0 bridgehead atoms. The zero-order chi connectivity index (χ0) is 14.9. The highest BCUT2D eigenvalue weighted by molar-refractivity contribution is 5.87. The second-order valence-corrected chi connectivity index (χ2v) is 5.44. The first-order valence-corrected chi connectivity index (χ1v) is 6.96. The van der Waals surface area contributed by atoms with Gasteiger partial charge in [0.15, 0.2) is 0 Å². The van der Waals surface area contributed by atoms with Crippen molar-refractivity contribution < 1.29 is 14.3 Å². The fourth-order valence-corrected chi connectivity index (χ4v) is 2.13. The minimum atomic E-state index is -0.972. The van der Waals surface area contributed by atoms with Crippen molar-refractivity contribution in [3.05, 3.63) is 0 Å². The summed E-state index contributed by atoms with van der Waals surface area (Å²) in [7, 11) is 1.31. The first-order chi connectivity index (χ1) is 8.87. The molecule has 1 amide bonds. The Labute approximate surface area is 116 Å². The van der Waals surface area contributed by atoms with Crippen LogP contribution >= 0.6 is 0 Å². The summed E-state index contributed by atoms with van der Waals surface area (Å²) >= 11 is 0. The molecule has 0 aromatic heterocycles. The standard InChI is InChI=1S/C14H28N2O3/c1-5-6-11(9-10-15)7-8-12(17)16-14(2,3)13(18)19-4/h11H,5-10,15H2,1-4H3,(H,16,17). The van der Waals surface area contributed by atoms with E-state index < -0.39 is 11.5 Å². The van der Waals surface area contributed by atoms with E-state index in [0.29, 0.717) is 18.9 Å². The van der Waals surface area contributed by atoms with Crippen molar-refractivity contribution in [3.8, 4) is 0 Å². The average molecular weight is 272 g/mol. The fraction of sp³-hybridized carbons (Fsp3) is 0.857. The summed E-state index contributed by atoms with van der Waals surface area (Å²) < 4.78 is 4.65. The van der Waals surface area contributed by atoms with Gasteiger partial charge in [0.2, 0.25) is 5.91 Å². The number of methoxy groups -OCH3 is 1. The maximum atomic E-state index is 11.8. The highest BCUT2D eigenvalue weighted by atomic mass is 16.5. The Morgan fingerprint density at radius 2 is 1.89 bits per heavy atom. The molecule has 5 nitrogen and oxygen atoms in total. The number of amides is 1. The van der Waals surface area contributed by atoms with Crippen molar-refractivity contribution in [1.82, 2.24) is 5.32 Å². The van der Waals surface area contributed by atoms with Gasteiger partial charge < -0.3 is 15.8 Å². The third-order valence-electron chi connectivity index (χ3n) is 3.20. The van der Waals surface area contributed by atoms with Crippen molar-refractivity contribution in [2.75, 3.05) is 13.7 Å². The van der Waals surface area contributed by atoms with E-state index in [1.807, 2.05) is 0 Å². The summed E-state index contributed by atoms with van der Waals surface area (Å²) in [5, 5.41) is 2.70. The van der Waals surface area contributed by atoms with Crippen molar-refractivity contribution >= 4 is 11.9 Å². The minimum Gasteiger partial charge on any atom is -0.467 e. The molecule has 1 unspecified atom stereocenters. The maximum Gasteiger partial charge on any atom is 0.330 e. The zero-order valence-corrected chi connectivity index (χ0v) is 12.6. The molecule has 112 valence electrons. The van der Waals surface area contributed by atoms with Gasteiger partial charge in [-0.1, -0.05) is 19.8 Å². The van der Waals surface area contributed by atoms with E-state index >= 15 is 0 Å². The number of nitrogens with two attached hydrogens (primary N) is 1. The summed E-state index contributed by atoms with van der Waals surface area (Å²) in [6.45, 7) is 6.06. The van der Waals surface area contributed by atoms with Crippen LogP contribution in [0.5, 0.6) is 0 Å². The predicted molar refractivity (Wildman–Crippen MR) is 75.5 cm³/mol. The molecule has 0 radical (unpaired) electrons. The van der Waals surface area contributed by atoms with Crippen LogP contribution in [0.25, 0.3) is 0 Å². The summed E-state index contributed by atoms with van der Waals surface area (Å²) in [5.74, 6) is -0.0663. The molecule has 0 aromatic carbocycles. The molecule has 0 rings (SSSR count). The average Bonchev–Trinajstić information content (AvgIpc) is 2.35. The second-order valence-electron chi connectivity index (χ2n) is 5.44. The molecule has 0 aliphatic rings. The lowest BCUT2D eigenvalue weighted by molar-refractivity contribution is -0.149.